The van der Waals surface area contributed by atoms with Gasteiger partial charge >= 0.3 is 0 Å². The molecule has 2 aromatic rings. The number of hydrogen-bond donors (Lipinski definition) is 0. The van der Waals surface area contributed by atoms with E-state index in [1.54, 1.807) is 0 Å². The zero-order valence-electron chi connectivity index (χ0n) is 11.6. The van der Waals surface area contributed by atoms with Gasteiger partial charge in [0.2, 0.25) is 0 Å². The summed E-state index contributed by atoms with van der Waals surface area (Å²) in [6, 6.07) is 6.93. The molecule has 3 rings (SSSR count). The summed E-state index contributed by atoms with van der Waals surface area (Å²) >= 11 is 5.94. The number of non-ortho nitro benzene ring substituents is 1. The van der Waals surface area contributed by atoms with Gasteiger partial charge in [0.15, 0.2) is 0 Å². The van der Waals surface area contributed by atoms with E-state index in [1.807, 2.05) is 0 Å². The van der Waals surface area contributed by atoms with Crippen molar-refractivity contribution in [3.63, 3.8) is 0 Å². The summed E-state index contributed by atoms with van der Waals surface area (Å²) in [5.41, 5.74) is -1.34. The van der Waals surface area contributed by atoms with Crippen LogP contribution in [0.25, 0.3) is 0 Å². The monoisotopic (exact) mass is 347 g/mol. The van der Waals surface area contributed by atoms with Gasteiger partial charge in [-0.3, -0.25) is 29.8 Å². The fourth-order valence-corrected chi connectivity index (χ4v) is 2.69. The van der Waals surface area contributed by atoms with Crippen LogP contribution in [0, 0.1) is 20.2 Å². The molecule has 0 saturated heterocycles. The normalized spacial score (nSPS) is 13.1. The second-order valence-corrected chi connectivity index (χ2v) is 5.20. The Morgan fingerprint density at radius 2 is 1.67 bits per heavy atom. The number of nitrogens with zero attached hydrogens (tertiary/aromatic N) is 3. The van der Waals surface area contributed by atoms with Gasteiger partial charge in [-0.2, -0.15) is 0 Å². The SMILES string of the molecule is O=C1c2cccc([N+](=O)[O-])c2C(=O)N1c1ccc([N+](=O)[O-])cc1Cl. The summed E-state index contributed by atoms with van der Waals surface area (Å²) in [7, 11) is 0. The minimum absolute atomic E-state index is 0.0808. The molecule has 0 aliphatic carbocycles. The van der Waals surface area contributed by atoms with Crippen molar-refractivity contribution in [2.24, 2.45) is 0 Å². The first-order chi connectivity index (χ1) is 11.3. The molecule has 2 aromatic carbocycles. The van der Waals surface area contributed by atoms with Crippen molar-refractivity contribution in [1.82, 2.24) is 0 Å². The highest BCUT2D eigenvalue weighted by Gasteiger charge is 2.42. The number of imide groups is 1. The molecule has 0 atom stereocenters. The largest absolute Gasteiger partial charge is 0.283 e. The van der Waals surface area contributed by atoms with Crippen molar-refractivity contribution in [3.8, 4) is 0 Å². The van der Waals surface area contributed by atoms with Crippen molar-refractivity contribution in [3.05, 3.63) is 72.8 Å². The zero-order chi connectivity index (χ0) is 17.6. The lowest BCUT2D eigenvalue weighted by atomic mass is 10.1. The average molecular weight is 348 g/mol. The average Bonchev–Trinajstić information content (AvgIpc) is 2.79. The summed E-state index contributed by atoms with van der Waals surface area (Å²) in [5.74, 6) is -1.69. The van der Waals surface area contributed by atoms with Gasteiger partial charge in [-0.1, -0.05) is 17.7 Å². The lowest BCUT2D eigenvalue weighted by molar-refractivity contribution is -0.385. The van der Waals surface area contributed by atoms with Gasteiger partial charge in [-0.15, -0.1) is 0 Å². The van der Waals surface area contributed by atoms with Crippen molar-refractivity contribution >= 4 is 40.5 Å². The standard InChI is InChI=1S/C14H6ClN3O6/c15-9-6-7(17(21)22)4-5-10(9)16-13(19)8-2-1-3-11(18(23)24)12(8)14(16)20/h1-6H. The Hall–Kier alpha value is -3.33. The van der Waals surface area contributed by atoms with Gasteiger partial charge in [0, 0.05) is 18.2 Å². The Bertz CT molecular complexity index is 942. The van der Waals surface area contributed by atoms with E-state index in [9.17, 15) is 29.8 Å². The smallest absolute Gasteiger partial charge is 0.268 e. The zero-order valence-corrected chi connectivity index (χ0v) is 12.4. The van der Waals surface area contributed by atoms with Crippen LogP contribution in [-0.4, -0.2) is 21.7 Å². The molecule has 9 nitrogen and oxygen atoms in total. The molecule has 2 amide bonds. The number of nitro groups is 2. The van der Waals surface area contributed by atoms with Crippen molar-refractivity contribution < 1.29 is 19.4 Å². The number of benzene rings is 2. The molecule has 0 bridgehead atoms. The molecule has 0 N–H and O–H groups in total. The maximum absolute atomic E-state index is 12.5. The van der Waals surface area contributed by atoms with E-state index < -0.39 is 27.3 Å². The van der Waals surface area contributed by atoms with Crippen LogP contribution in [0.4, 0.5) is 17.1 Å². The van der Waals surface area contributed by atoms with Gasteiger partial charge in [0.1, 0.15) is 5.56 Å². The van der Waals surface area contributed by atoms with Crippen LogP contribution in [0.2, 0.25) is 5.02 Å². The first-order valence-corrected chi connectivity index (χ1v) is 6.81. The molecule has 0 radical (unpaired) electrons. The number of nitro benzene ring substituents is 2. The molecular formula is C14H6ClN3O6. The summed E-state index contributed by atoms with van der Waals surface area (Å²) in [6.45, 7) is 0. The van der Waals surface area contributed by atoms with Crippen LogP contribution < -0.4 is 4.90 Å². The number of rotatable bonds is 3. The quantitative estimate of drug-likeness (QED) is 0.477. The Morgan fingerprint density at radius 1 is 0.958 bits per heavy atom. The lowest BCUT2D eigenvalue weighted by Gasteiger charge is -2.15. The summed E-state index contributed by atoms with van der Waals surface area (Å²) < 4.78 is 0. The molecule has 0 fully saturated rings. The molecule has 0 aromatic heterocycles. The lowest BCUT2D eigenvalue weighted by Crippen LogP contribution is -2.29. The van der Waals surface area contributed by atoms with Crippen LogP contribution >= 0.6 is 11.6 Å². The topological polar surface area (TPSA) is 124 Å². The van der Waals surface area contributed by atoms with Gasteiger partial charge < -0.3 is 0 Å². The highest BCUT2D eigenvalue weighted by Crippen LogP contribution is 2.37. The van der Waals surface area contributed by atoms with Crippen molar-refractivity contribution in [2.45, 2.75) is 0 Å². The maximum atomic E-state index is 12.5. The predicted octanol–water partition coefficient (Wildman–Crippen LogP) is 2.96. The van der Waals surface area contributed by atoms with Crippen molar-refractivity contribution in [1.29, 1.82) is 0 Å². The molecule has 0 unspecified atom stereocenters. The number of hydrogen-bond acceptors (Lipinski definition) is 6. The molecule has 1 aliphatic heterocycles. The number of carbonyl (C=O) groups excluding carboxylic acids is 2. The number of fused-ring (bicyclic) bond motifs is 1. The molecule has 10 heteroatoms. The van der Waals surface area contributed by atoms with E-state index in [2.05, 4.69) is 0 Å². The van der Waals surface area contributed by atoms with Gasteiger partial charge in [0.25, 0.3) is 23.2 Å². The van der Waals surface area contributed by atoms with Crippen molar-refractivity contribution in [2.75, 3.05) is 4.90 Å². The van der Waals surface area contributed by atoms with Gasteiger partial charge in [-0.05, 0) is 12.1 Å². The third-order valence-corrected chi connectivity index (χ3v) is 3.78. The Morgan fingerprint density at radius 3 is 2.25 bits per heavy atom. The van der Waals surface area contributed by atoms with Crippen LogP contribution in [0.15, 0.2) is 36.4 Å². The molecule has 0 spiro atoms. The Labute approximate surface area is 138 Å². The van der Waals surface area contributed by atoms with E-state index in [4.69, 9.17) is 11.6 Å². The maximum Gasteiger partial charge on any atom is 0.283 e. The van der Waals surface area contributed by atoms with Crippen LogP contribution in [-0.2, 0) is 0 Å². The highest BCUT2D eigenvalue weighted by atomic mass is 35.5. The number of anilines is 1. The Kier molecular flexibility index (Phi) is 3.49. The van der Waals surface area contributed by atoms with Crippen LogP contribution in [0.5, 0.6) is 0 Å². The molecular weight excluding hydrogens is 342 g/mol. The summed E-state index contributed by atoms with van der Waals surface area (Å²) in [4.78, 5) is 46.0. The number of halogens is 1. The molecule has 24 heavy (non-hydrogen) atoms. The van der Waals surface area contributed by atoms with E-state index in [-0.39, 0.29) is 27.5 Å². The van der Waals surface area contributed by atoms with E-state index in [1.165, 1.54) is 12.1 Å². The Balaban J connectivity index is 2.14. The number of carbonyl (C=O) groups is 2. The third kappa shape index (κ3) is 2.18. The van der Waals surface area contributed by atoms with Crippen LogP contribution in [0.3, 0.4) is 0 Å². The minimum atomic E-state index is -0.905. The minimum Gasteiger partial charge on any atom is -0.268 e. The summed E-state index contributed by atoms with van der Waals surface area (Å²) in [5, 5.41) is 21.6. The van der Waals surface area contributed by atoms with Gasteiger partial charge in [0.05, 0.1) is 26.1 Å². The summed E-state index contributed by atoms with van der Waals surface area (Å²) in [6.07, 6.45) is 0. The fourth-order valence-electron chi connectivity index (χ4n) is 2.43. The van der Waals surface area contributed by atoms with E-state index in [0.29, 0.717) is 4.90 Å². The molecule has 1 aliphatic rings. The second-order valence-electron chi connectivity index (χ2n) is 4.80. The number of amides is 2. The molecule has 1 heterocycles. The first kappa shape index (κ1) is 15.6. The molecule has 0 saturated carbocycles. The highest BCUT2D eigenvalue weighted by molar-refractivity contribution is 6.40. The van der Waals surface area contributed by atoms with E-state index in [0.717, 1.165) is 24.3 Å². The van der Waals surface area contributed by atoms with Crippen LogP contribution in [0.1, 0.15) is 20.7 Å². The second kappa shape index (κ2) is 5.39. The first-order valence-electron chi connectivity index (χ1n) is 6.43. The molecule has 120 valence electrons. The van der Waals surface area contributed by atoms with Gasteiger partial charge in [-0.25, -0.2) is 4.90 Å². The third-order valence-electron chi connectivity index (χ3n) is 3.47. The predicted molar refractivity (Wildman–Crippen MR) is 82.3 cm³/mol. The fraction of sp³-hybridized carbons (Fsp3) is 0. The van der Waals surface area contributed by atoms with E-state index >= 15 is 0 Å².